The third-order valence-corrected chi connectivity index (χ3v) is 3.46. The molecule has 2 rings (SSSR count). The molecule has 0 saturated carbocycles. The summed E-state index contributed by atoms with van der Waals surface area (Å²) in [6.45, 7) is 3.99. The second-order valence-corrected chi connectivity index (χ2v) is 5.49. The average molecular weight is 306 g/mol. The Bertz CT molecular complexity index is 649. The monoisotopic (exact) mass is 306 g/mol. The molecule has 1 nitrogen and oxygen atoms in total. The van der Waals surface area contributed by atoms with Crippen LogP contribution in [0.2, 0.25) is 0 Å². The van der Waals surface area contributed by atoms with Gasteiger partial charge in [-0.2, -0.15) is 13.2 Å². The van der Waals surface area contributed by atoms with Crippen LogP contribution < -0.4 is 0 Å². The van der Waals surface area contributed by atoms with E-state index in [4.69, 9.17) is 0 Å². The number of benzene rings is 2. The molecule has 2 aromatic carbocycles. The van der Waals surface area contributed by atoms with E-state index in [2.05, 4.69) is 6.07 Å². The van der Waals surface area contributed by atoms with E-state index in [1.54, 1.807) is 0 Å². The second-order valence-electron chi connectivity index (χ2n) is 5.49. The molecular weight excluding hydrogens is 289 g/mol. The third kappa shape index (κ3) is 4.20. The summed E-state index contributed by atoms with van der Waals surface area (Å²) < 4.78 is 37.4. The fourth-order valence-electron chi connectivity index (χ4n) is 2.46. The Morgan fingerprint density at radius 1 is 0.955 bits per heavy atom. The Morgan fingerprint density at radius 2 is 1.50 bits per heavy atom. The molecule has 116 valence electrons. The van der Waals surface area contributed by atoms with Gasteiger partial charge in [0.2, 0.25) is 0 Å². The van der Waals surface area contributed by atoms with Crippen LogP contribution in [0.1, 0.15) is 39.0 Å². The lowest BCUT2D eigenvalue weighted by Gasteiger charge is -2.08. The molecule has 0 saturated heterocycles. The number of Topliss-reactive ketones (excluding diaryl/α,β-unsaturated/α-hetero) is 1. The number of carbonyl (C=O) groups excluding carboxylic acids is 1. The maximum Gasteiger partial charge on any atom is 0.416 e. The van der Waals surface area contributed by atoms with Gasteiger partial charge in [0, 0.05) is 12.0 Å². The van der Waals surface area contributed by atoms with Gasteiger partial charge in [0.05, 0.1) is 5.56 Å². The van der Waals surface area contributed by atoms with Crippen LogP contribution in [0.25, 0.3) is 0 Å². The number of aryl methyl sites for hydroxylation is 3. The van der Waals surface area contributed by atoms with E-state index in [1.165, 1.54) is 12.1 Å². The number of alkyl halides is 3. The topological polar surface area (TPSA) is 17.1 Å². The molecule has 0 bridgehead atoms. The van der Waals surface area contributed by atoms with Crippen molar-refractivity contribution in [3.8, 4) is 0 Å². The standard InChI is InChI=1S/C18H17F3O/c1-12-9-13(2)11-14(10-12)3-8-17(22)15-4-6-16(7-5-15)18(19,20)21/h4-7,9-11H,3,8H2,1-2H3. The zero-order chi connectivity index (χ0) is 16.3. The Kier molecular flexibility index (Phi) is 4.69. The fourth-order valence-corrected chi connectivity index (χ4v) is 2.46. The summed E-state index contributed by atoms with van der Waals surface area (Å²) in [5.41, 5.74) is 2.92. The quantitative estimate of drug-likeness (QED) is 0.715. The zero-order valence-corrected chi connectivity index (χ0v) is 12.5. The molecule has 0 aromatic heterocycles. The molecule has 4 heteroatoms. The van der Waals surface area contributed by atoms with Crippen molar-refractivity contribution in [3.63, 3.8) is 0 Å². The molecule has 0 spiro atoms. The molecule has 0 radical (unpaired) electrons. The molecule has 0 aliphatic rings. The van der Waals surface area contributed by atoms with Gasteiger partial charge in [-0.25, -0.2) is 0 Å². The van der Waals surface area contributed by atoms with Crippen LogP contribution in [0.4, 0.5) is 13.2 Å². The highest BCUT2D eigenvalue weighted by Crippen LogP contribution is 2.29. The minimum Gasteiger partial charge on any atom is -0.294 e. The number of carbonyl (C=O) groups is 1. The molecule has 0 amide bonds. The minimum absolute atomic E-state index is 0.145. The smallest absolute Gasteiger partial charge is 0.294 e. The summed E-state index contributed by atoms with van der Waals surface area (Å²) in [6, 6.07) is 10.5. The Balaban J connectivity index is 2.03. The molecule has 0 fully saturated rings. The van der Waals surface area contributed by atoms with Crippen LogP contribution in [0.15, 0.2) is 42.5 Å². The van der Waals surface area contributed by atoms with Gasteiger partial charge < -0.3 is 0 Å². The second kappa shape index (κ2) is 6.34. The van der Waals surface area contributed by atoms with Crippen LogP contribution >= 0.6 is 0 Å². The summed E-state index contributed by atoms with van der Waals surface area (Å²) in [5, 5.41) is 0. The van der Waals surface area contributed by atoms with Crippen molar-refractivity contribution in [2.45, 2.75) is 32.9 Å². The van der Waals surface area contributed by atoms with Gasteiger partial charge in [-0.1, -0.05) is 41.5 Å². The van der Waals surface area contributed by atoms with Crippen LogP contribution in [0.5, 0.6) is 0 Å². The highest BCUT2D eigenvalue weighted by Gasteiger charge is 2.30. The first-order valence-electron chi connectivity index (χ1n) is 7.03. The minimum atomic E-state index is -4.37. The first kappa shape index (κ1) is 16.3. The zero-order valence-electron chi connectivity index (χ0n) is 12.5. The molecule has 22 heavy (non-hydrogen) atoms. The lowest BCUT2D eigenvalue weighted by atomic mass is 9.99. The SMILES string of the molecule is Cc1cc(C)cc(CCC(=O)c2ccc(C(F)(F)F)cc2)c1. The lowest BCUT2D eigenvalue weighted by Crippen LogP contribution is -2.06. The Morgan fingerprint density at radius 3 is 2.00 bits per heavy atom. The summed E-state index contributed by atoms with van der Waals surface area (Å²) in [5.74, 6) is -0.145. The van der Waals surface area contributed by atoms with Gasteiger partial charge in [-0.15, -0.1) is 0 Å². The molecule has 0 unspecified atom stereocenters. The molecule has 0 atom stereocenters. The first-order valence-corrected chi connectivity index (χ1v) is 7.03. The van der Waals surface area contributed by atoms with Crippen molar-refractivity contribution in [2.24, 2.45) is 0 Å². The van der Waals surface area contributed by atoms with E-state index in [0.29, 0.717) is 12.0 Å². The van der Waals surface area contributed by atoms with Crippen LogP contribution in [0, 0.1) is 13.8 Å². The van der Waals surface area contributed by atoms with Crippen molar-refractivity contribution in [3.05, 3.63) is 70.3 Å². The lowest BCUT2D eigenvalue weighted by molar-refractivity contribution is -0.137. The van der Waals surface area contributed by atoms with Crippen molar-refractivity contribution in [1.29, 1.82) is 0 Å². The largest absolute Gasteiger partial charge is 0.416 e. The van der Waals surface area contributed by atoms with Crippen molar-refractivity contribution < 1.29 is 18.0 Å². The molecule has 0 aliphatic carbocycles. The summed E-state index contributed by atoms with van der Waals surface area (Å²) >= 11 is 0. The highest BCUT2D eigenvalue weighted by atomic mass is 19.4. The van der Waals surface area contributed by atoms with Gasteiger partial charge >= 0.3 is 6.18 Å². The number of hydrogen-bond donors (Lipinski definition) is 0. The maximum absolute atomic E-state index is 12.5. The molecule has 0 N–H and O–H groups in total. The van der Waals surface area contributed by atoms with E-state index < -0.39 is 11.7 Å². The number of hydrogen-bond acceptors (Lipinski definition) is 1. The first-order chi connectivity index (χ1) is 10.3. The van der Waals surface area contributed by atoms with Crippen LogP contribution in [-0.2, 0) is 12.6 Å². The normalized spacial score (nSPS) is 11.5. The summed E-state index contributed by atoms with van der Waals surface area (Å²) in [4.78, 5) is 12.1. The fraction of sp³-hybridized carbons (Fsp3) is 0.278. The summed E-state index contributed by atoms with van der Waals surface area (Å²) in [6.07, 6.45) is -3.50. The Labute approximate surface area is 127 Å². The van der Waals surface area contributed by atoms with Crippen molar-refractivity contribution >= 4 is 5.78 Å². The predicted octanol–water partition coefficient (Wildman–Crippen LogP) is 5.14. The van der Waals surface area contributed by atoms with Gasteiger partial charge in [0.15, 0.2) is 5.78 Å². The molecule has 0 aliphatic heterocycles. The molecule has 2 aromatic rings. The number of rotatable bonds is 4. The third-order valence-electron chi connectivity index (χ3n) is 3.46. The Hall–Kier alpha value is -2.10. The van der Waals surface area contributed by atoms with Gasteiger partial charge in [-0.3, -0.25) is 4.79 Å². The van der Waals surface area contributed by atoms with Gasteiger partial charge in [0.25, 0.3) is 0 Å². The van der Waals surface area contributed by atoms with Crippen LogP contribution in [-0.4, -0.2) is 5.78 Å². The molecule has 0 heterocycles. The maximum atomic E-state index is 12.5. The van der Waals surface area contributed by atoms with Gasteiger partial charge in [0.1, 0.15) is 0 Å². The number of halogens is 3. The molecular formula is C18H17F3O. The van der Waals surface area contributed by atoms with E-state index in [-0.39, 0.29) is 12.2 Å². The van der Waals surface area contributed by atoms with E-state index in [0.717, 1.165) is 28.8 Å². The predicted molar refractivity (Wildman–Crippen MR) is 80.0 cm³/mol. The number of ketones is 1. The van der Waals surface area contributed by atoms with Crippen LogP contribution in [0.3, 0.4) is 0 Å². The van der Waals surface area contributed by atoms with E-state index in [9.17, 15) is 18.0 Å². The highest BCUT2D eigenvalue weighted by molar-refractivity contribution is 5.96. The van der Waals surface area contributed by atoms with Crippen molar-refractivity contribution in [1.82, 2.24) is 0 Å². The average Bonchev–Trinajstić information content (AvgIpc) is 2.43. The summed E-state index contributed by atoms with van der Waals surface area (Å²) in [7, 11) is 0. The van der Waals surface area contributed by atoms with Gasteiger partial charge in [-0.05, 0) is 38.0 Å². The van der Waals surface area contributed by atoms with E-state index >= 15 is 0 Å². The van der Waals surface area contributed by atoms with E-state index in [1.807, 2.05) is 26.0 Å². The van der Waals surface area contributed by atoms with Crippen molar-refractivity contribution in [2.75, 3.05) is 0 Å².